The molecule has 0 radical (unpaired) electrons. The second kappa shape index (κ2) is 56.0. The Morgan fingerprint density at radius 2 is 0.828 bits per heavy atom. The summed E-state index contributed by atoms with van der Waals surface area (Å²) in [6.45, 7) is 8.87. The van der Waals surface area contributed by atoms with Crippen LogP contribution in [-0.4, -0.2) is 276 Å². The molecule has 1 saturated heterocycles. The molecule has 17 amide bonds. The molecule has 688 valence electrons. The minimum Gasteiger partial charge on any atom is -0.480 e. The third-order valence-corrected chi connectivity index (χ3v) is 18.9. The zero-order valence-electron chi connectivity index (χ0n) is 70.1. The van der Waals surface area contributed by atoms with E-state index in [-0.39, 0.29) is 102 Å². The first-order valence-electron chi connectivity index (χ1n) is 40.3. The highest BCUT2D eigenvalue weighted by Gasteiger charge is 2.41. The molecule has 0 aliphatic carbocycles. The fraction of sp³-hybridized carbons (Fsp3) is 0.676. The number of hydrogen-bond acceptors (Lipinski definition) is 30. The number of nitrogens with zero attached hydrogens (tertiary/aromatic N) is 1. The van der Waals surface area contributed by atoms with Crippen LogP contribution in [0, 0.1) is 17.8 Å². The number of aliphatic carboxylic acids is 1. The van der Waals surface area contributed by atoms with Gasteiger partial charge in [-0.05, 0) is 127 Å². The molecular weight excluding hydrogens is 1600 g/mol. The van der Waals surface area contributed by atoms with Gasteiger partial charge in [-0.2, -0.15) is 0 Å². The normalized spacial score (nSPS) is 15.9. The van der Waals surface area contributed by atoms with Crippen LogP contribution < -0.4 is 142 Å². The van der Waals surface area contributed by atoms with Gasteiger partial charge in [0, 0.05) is 25.8 Å². The molecule has 48 heteroatoms. The van der Waals surface area contributed by atoms with Crippen molar-refractivity contribution in [2.75, 3.05) is 45.9 Å². The lowest BCUT2D eigenvalue weighted by atomic mass is 10.0. The Morgan fingerprint density at radius 1 is 0.426 bits per heavy atom. The molecule has 1 fully saturated rings. The largest absolute Gasteiger partial charge is 0.480 e. The van der Waals surface area contributed by atoms with E-state index in [9.17, 15) is 102 Å². The van der Waals surface area contributed by atoms with Crippen molar-refractivity contribution >= 4 is 106 Å². The van der Waals surface area contributed by atoms with Gasteiger partial charge in [0.05, 0.1) is 26.2 Å². The van der Waals surface area contributed by atoms with Crippen LogP contribution in [0.5, 0.6) is 0 Å². The van der Waals surface area contributed by atoms with Gasteiger partial charge < -0.3 is 147 Å². The summed E-state index contributed by atoms with van der Waals surface area (Å²) in [5.41, 5.74) is 56.6. The molecule has 0 unspecified atom stereocenters. The van der Waals surface area contributed by atoms with Crippen LogP contribution in [0.1, 0.15) is 150 Å². The lowest BCUT2D eigenvalue weighted by Crippen LogP contribution is -2.61. The number of primary amides is 3. The second-order valence-corrected chi connectivity index (χ2v) is 30.8. The molecule has 122 heavy (non-hydrogen) atoms. The minimum atomic E-state index is -1.86. The first kappa shape index (κ1) is 107. The molecule has 1 aliphatic rings. The number of carboxylic acid groups (broad SMARTS) is 1. The number of carbonyl (C=O) groups is 18. The highest BCUT2D eigenvalue weighted by molar-refractivity contribution is 6.01. The number of carbonyl (C=O) groups excluding carboxylic acids is 17. The third-order valence-electron chi connectivity index (χ3n) is 18.9. The molecule has 39 N–H and O–H groups in total. The molecule has 1 aromatic rings. The lowest BCUT2D eigenvalue weighted by molar-refractivity contribution is -0.143. The summed E-state index contributed by atoms with van der Waals surface area (Å²) >= 11 is 0. The molecule has 1 aliphatic heterocycles. The van der Waals surface area contributed by atoms with Crippen molar-refractivity contribution in [3.63, 3.8) is 0 Å². The predicted octanol–water partition coefficient (Wildman–Crippen LogP) is -12.6. The van der Waals surface area contributed by atoms with Crippen molar-refractivity contribution < 1.29 is 102 Å². The number of rotatable bonds is 60. The Labute approximate surface area is 706 Å². The standard InChI is InChI=1S/C74H131N27O21/c1-36(2)29-47(98-68(118)52-20-14-28-101(52)70(120)39(7)89-64(114)48(30-37(3)4)96-66(116)50(32-55(78)106)97-65(115)49(95-58(108)41(75)34-102)31-40-15-9-8-10-16-40)59(109)88-33-56(107)90-42(17-11-25-85-72(79)80)60(110)91-43(18-12-26-86-73(81)82)61(111)92-44(19-13-27-87-74(83)84)63(113)100-57(38(5)6)69(119)93-45(21-23-53(76)104)62(112)99-51(35-103)67(117)94-46(71(121)122)22-24-54(77)105/h8-10,15-16,36-39,41-52,57,72-74,85-87,102-103H,11-14,17-35,75,79-84H2,1-7H3,(H2,76,104)(H2,77,105)(H2,78,106)(H,88,109)(H,89,114)(H,90,107)(H,91,110)(H,92,111)(H,93,119)(H,94,117)(H,95,108)(H,96,116)(H,97,115)(H,98,118)(H,99,112)(H,100,113)(H,121,122)/t39-,41-,42-,43-,44-,45-,46-,47-,48-,49-,50-,51-,52-,57-/m0/s1. The number of aliphatic hydroxyl groups is 2. The number of carboxylic acids is 1. The van der Waals surface area contributed by atoms with Crippen LogP contribution in [0.15, 0.2) is 30.3 Å². The number of hydrogen-bond donors (Lipinski definition) is 29. The number of benzene rings is 1. The topological polar surface area (TPSA) is 824 Å². The van der Waals surface area contributed by atoms with Gasteiger partial charge >= 0.3 is 5.97 Å². The maximum Gasteiger partial charge on any atom is 0.326 e. The summed E-state index contributed by atoms with van der Waals surface area (Å²) in [5, 5.41) is 69.8. The van der Waals surface area contributed by atoms with Crippen molar-refractivity contribution in [2.24, 2.45) is 75.1 Å². The van der Waals surface area contributed by atoms with E-state index < -0.39 is 268 Å². The van der Waals surface area contributed by atoms with E-state index in [4.69, 9.17) is 57.3 Å². The molecule has 1 heterocycles. The summed E-state index contributed by atoms with van der Waals surface area (Å²) in [4.78, 5) is 245. The van der Waals surface area contributed by atoms with Crippen LogP contribution in [0.3, 0.4) is 0 Å². The minimum absolute atomic E-state index is 0.00168. The van der Waals surface area contributed by atoms with E-state index in [0.29, 0.717) is 12.0 Å². The number of nitrogens with one attached hydrogen (secondary N) is 16. The summed E-state index contributed by atoms with van der Waals surface area (Å²) in [6, 6.07) is -12.8. The first-order valence-corrected chi connectivity index (χ1v) is 40.3. The van der Waals surface area contributed by atoms with Gasteiger partial charge in [-0.15, -0.1) is 0 Å². The van der Waals surface area contributed by atoms with Crippen LogP contribution in [-0.2, 0) is 92.7 Å². The number of nitrogens with two attached hydrogens (primary N) is 10. The van der Waals surface area contributed by atoms with Crippen molar-refractivity contribution in [3.8, 4) is 0 Å². The molecule has 2 rings (SSSR count). The zero-order valence-corrected chi connectivity index (χ0v) is 70.1. The van der Waals surface area contributed by atoms with Crippen molar-refractivity contribution in [1.82, 2.24) is 90.0 Å². The quantitative estimate of drug-likeness (QED) is 0.0213. The SMILES string of the molecule is CC(C)C[C@H](NC(=O)[C@H](CC(N)=O)NC(=O)[C@H](Cc1ccccc1)NC(=O)[C@@H](N)CO)C(=O)N[C@@H](C)C(=O)N1CCC[C@H]1C(=O)N[C@@H](CC(C)C)C(=O)NCC(=O)N[C@@H](CCCNC(N)N)C(=O)N[C@@H](CCCNC(N)N)C(=O)N[C@@H](CCCNC(N)N)C(=O)N[C@H](C(=O)N[C@@H](CCC(N)=O)C(=O)N[C@@H](CO)C(=O)N[C@@H](CCC(N)=O)C(=O)O)C(C)C. The van der Waals surface area contributed by atoms with Crippen molar-refractivity contribution in [1.29, 1.82) is 0 Å². The summed E-state index contributed by atoms with van der Waals surface area (Å²) < 4.78 is 0. The maximum absolute atomic E-state index is 14.7. The number of amides is 17. The Morgan fingerprint density at radius 3 is 1.29 bits per heavy atom. The fourth-order valence-electron chi connectivity index (χ4n) is 12.5. The van der Waals surface area contributed by atoms with Crippen LogP contribution in [0.25, 0.3) is 0 Å². The highest BCUT2D eigenvalue weighted by Crippen LogP contribution is 2.21. The zero-order chi connectivity index (χ0) is 92.2. The monoisotopic (exact) mass is 1730 g/mol. The van der Waals surface area contributed by atoms with Crippen LogP contribution in [0.2, 0.25) is 0 Å². The van der Waals surface area contributed by atoms with Gasteiger partial charge in [0.2, 0.25) is 100 Å². The molecule has 1 aromatic carbocycles. The van der Waals surface area contributed by atoms with Crippen LogP contribution >= 0.6 is 0 Å². The van der Waals surface area contributed by atoms with E-state index in [1.54, 1.807) is 58.0 Å². The maximum atomic E-state index is 14.7. The van der Waals surface area contributed by atoms with Crippen LogP contribution in [0.4, 0.5) is 0 Å². The molecule has 14 atom stereocenters. The van der Waals surface area contributed by atoms with Gasteiger partial charge in [-0.1, -0.05) is 71.9 Å². The Balaban J connectivity index is 2.45. The average Bonchev–Trinajstić information content (AvgIpc) is 1.65. The summed E-state index contributed by atoms with van der Waals surface area (Å²) in [7, 11) is 0. The van der Waals surface area contributed by atoms with Gasteiger partial charge in [0.25, 0.3) is 0 Å². The molecular formula is C74H131N27O21. The van der Waals surface area contributed by atoms with E-state index in [0.717, 1.165) is 0 Å². The fourth-order valence-corrected chi connectivity index (χ4v) is 12.5. The van der Waals surface area contributed by atoms with Crippen molar-refractivity contribution in [3.05, 3.63) is 35.9 Å². The molecule has 0 bridgehead atoms. The van der Waals surface area contributed by atoms with Gasteiger partial charge in [-0.25, -0.2) is 4.79 Å². The average molecular weight is 1740 g/mol. The number of aliphatic hydroxyl groups excluding tert-OH is 2. The summed E-state index contributed by atoms with van der Waals surface area (Å²) in [5.74, 6) is -19.3. The summed E-state index contributed by atoms with van der Waals surface area (Å²) in [6.07, 6.45) is -5.83. The second-order valence-electron chi connectivity index (χ2n) is 30.8. The van der Waals surface area contributed by atoms with Gasteiger partial charge in [-0.3, -0.25) is 97.5 Å². The van der Waals surface area contributed by atoms with E-state index in [1.807, 2.05) is 0 Å². The van der Waals surface area contributed by atoms with Crippen molar-refractivity contribution in [2.45, 2.75) is 255 Å². The van der Waals surface area contributed by atoms with E-state index >= 15 is 0 Å². The Kier molecular flexibility index (Phi) is 49.2. The third kappa shape index (κ3) is 41.6. The van der Waals surface area contributed by atoms with E-state index in [1.165, 1.54) is 25.7 Å². The van der Waals surface area contributed by atoms with Gasteiger partial charge in [0.1, 0.15) is 103 Å². The Bertz CT molecular complexity index is 3640. The molecule has 0 spiro atoms. The van der Waals surface area contributed by atoms with Gasteiger partial charge in [0.15, 0.2) is 0 Å². The molecule has 48 nitrogen and oxygen atoms in total. The van der Waals surface area contributed by atoms with E-state index in [2.05, 4.69) is 85.1 Å². The smallest absolute Gasteiger partial charge is 0.326 e. The predicted molar refractivity (Wildman–Crippen MR) is 439 cm³/mol. The lowest BCUT2D eigenvalue weighted by Gasteiger charge is -2.30. The molecule has 0 saturated carbocycles. The number of likely N-dealkylation sites (tertiary alicyclic amines) is 1. The highest BCUT2D eigenvalue weighted by atomic mass is 16.4. The Hall–Kier alpha value is -10.8. The molecule has 0 aromatic heterocycles. The first-order chi connectivity index (χ1) is 57.3.